The van der Waals surface area contributed by atoms with Gasteiger partial charge >= 0.3 is 0 Å². The number of sulfonamides is 1. The van der Waals surface area contributed by atoms with E-state index in [2.05, 4.69) is 10.0 Å². The van der Waals surface area contributed by atoms with E-state index in [1.54, 1.807) is 18.2 Å². The van der Waals surface area contributed by atoms with Crippen LogP contribution in [0.2, 0.25) is 0 Å². The maximum Gasteiger partial charge on any atom is 0.261 e. The second-order valence-corrected chi connectivity index (χ2v) is 8.90. The fraction of sp³-hybridized carbons (Fsp3) is 0.174. The SMILES string of the molecule is Cc1ccc(C)c(NS(=O)(=O)c2ccc(NC(=O)c3cc(C)ccc3C)cc2)c1. The van der Waals surface area contributed by atoms with Gasteiger partial charge in [0.1, 0.15) is 0 Å². The zero-order chi connectivity index (χ0) is 21.2. The number of hydrogen-bond acceptors (Lipinski definition) is 3. The summed E-state index contributed by atoms with van der Waals surface area (Å²) in [6.07, 6.45) is 0. The lowest BCUT2D eigenvalue weighted by molar-refractivity contribution is 0.102. The van der Waals surface area contributed by atoms with Gasteiger partial charge in [0, 0.05) is 11.3 Å². The van der Waals surface area contributed by atoms with Crippen LogP contribution >= 0.6 is 0 Å². The van der Waals surface area contributed by atoms with E-state index in [0.29, 0.717) is 16.9 Å². The van der Waals surface area contributed by atoms with Crippen LogP contribution in [0.4, 0.5) is 11.4 Å². The fourth-order valence-corrected chi connectivity index (χ4v) is 4.07. The van der Waals surface area contributed by atoms with Crippen LogP contribution in [0.25, 0.3) is 0 Å². The van der Waals surface area contributed by atoms with Crippen LogP contribution < -0.4 is 10.0 Å². The van der Waals surface area contributed by atoms with Crippen LogP contribution in [0.1, 0.15) is 32.6 Å². The van der Waals surface area contributed by atoms with Crippen molar-refractivity contribution in [2.45, 2.75) is 32.6 Å². The first-order valence-corrected chi connectivity index (χ1v) is 10.7. The summed E-state index contributed by atoms with van der Waals surface area (Å²) in [6, 6.07) is 17.4. The van der Waals surface area contributed by atoms with E-state index in [4.69, 9.17) is 0 Å². The maximum atomic E-state index is 12.7. The Labute approximate surface area is 171 Å². The molecule has 0 spiro atoms. The van der Waals surface area contributed by atoms with Crippen molar-refractivity contribution < 1.29 is 13.2 Å². The van der Waals surface area contributed by atoms with Crippen molar-refractivity contribution in [1.82, 2.24) is 0 Å². The average molecular weight is 409 g/mol. The van der Waals surface area contributed by atoms with Crippen molar-refractivity contribution in [3.8, 4) is 0 Å². The standard InChI is InChI=1S/C23H24N2O3S/c1-15-5-7-17(3)21(13-15)23(26)24-19-9-11-20(12-10-19)29(27,28)25-22-14-16(2)6-8-18(22)4/h5-14,25H,1-4H3,(H,24,26). The molecule has 150 valence electrons. The highest BCUT2D eigenvalue weighted by Crippen LogP contribution is 2.22. The largest absolute Gasteiger partial charge is 0.322 e. The molecule has 0 atom stereocenters. The summed E-state index contributed by atoms with van der Waals surface area (Å²) in [4.78, 5) is 12.7. The van der Waals surface area contributed by atoms with Crippen LogP contribution in [0, 0.1) is 27.7 Å². The van der Waals surface area contributed by atoms with E-state index in [1.165, 1.54) is 12.1 Å². The quantitative estimate of drug-likeness (QED) is 0.626. The van der Waals surface area contributed by atoms with Gasteiger partial charge in [-0.3, -0.25) is 9.52 Å². The lowest BCUT2D eigenvalue weighted by Gasteiger charge is -2.12. The van der Waals surface area contributed by atoms with Gasteiger partial charge in [-0.25, -0.2) is 8.42 Å². The summed E-state index contributed by atoms with van der Waals surface area (Å²) in [6.45, 7) is 7.57. The third kappa shape index (κ3) is 4.84. The van der Waals surface area contributed by atoms with Crippen LogP contribution in [0.5, 0.6) is 0 Å². The number of carbonyl (C=O) groups excluding carboxylic acids is 1. The van der Waals surface area contributed by atoms with Crippen LogP contribution in [-0.2, 0) is 10.0 Å². The van der Waals surface area contributed by atoms with Crippen molar-refractivity contribution in [1.29, 1.82) is 0 Å². The van der Waals surface area contributed by atoms with Crippen molar-refractivity contribution in [3.63, 3.8) is 0 Å². The molecule has 0 aliphatic heterocycles. The molecule has 0 saturated carbocycles. The minimum Gasteiger partial charge on any atom is -0.322 e. The van der Waals surface area contributed by atoms with Gasteiger partial charge in [0.25, 0.3) is 15.9 Å². The molecule has 3 aromatic carbocycles. The normalized spacial score (nSPS) is 11.2. The summed E-state index contributed by atoms with van der Waals surface area (Å²) >= 11 is 0. The number of nitrogens with one attached hydrogen (secondary N) is 2. The second-order valence-electron chi connectivity index (χ2n) is 7.22. The van der Waals surface area contributed by atoms with E-state index < -0.39 is 10.0 Å². The van der Waals surface area contributed by atoms with E-state index in [0.717, 1.165) is 22.3 Å². The summed E-state index contributed by atoms with van der Waals surface area (Å²) in [5.74, 6) is -0.227. The molecule has 29 heavy (non-hydrogen) atoms. The first-order valence-electron chi connectivity index (χ1n) is 9.24. The maximum absolute atomic E-state index is 12.7. The Morgan fingerprint density at radius 2 is 1.34 bits per heavy atom. The molecule has 0 unspecified atom stereocenters. The molecule has 5 nitrogen and oxygen atoms in total. The van der Waals surface area contributed by atoms with Gasteiger partial charge in [-0.05, 0) is 80.8 Å². The Morgan fingerprint density at radius 1 is 0.759 bits per heavy atom. The summed E-state index contributed by atoms with van der Waals surface area (Å²) in [5.41, 5.74) is 5.37. The molecule has 0 aliphatic rings. The smallest absolute Gasteiger partial charge is 0.261 e. The molecule has 0 radical (unpaired) electrons. The third-order valence-corrected chi connectivity index (χ3v) is 6.08. The number of hydrogen-bond donors (Lipinski definition) is 2. The van der Waals surface area contributed by atoms with Crippen molar-refractivity contribution in [3.05, 3.63) is 88.5 Å². The van der Waals surface area contributed by atoms with E-state index in [9.17, 15) is 13.2 Å². The van der Waals surface area contributed by atoms with E-state index >= 15 is 0 Å². The first-order chi connectivity index (χ1) is 13.7. The summed E-state index contributed by atoms with van der Waals surface area (Å²) in [5, 5.41) is 2.82. The van der Waals surface area contributed by atoms with E-state index in [-0.39, 0.29) is 10.8 Å². The number of aryl methyl sites for hydroxylation is 4. The highest BCUT2D eigenvalue weighted by molar-refractivity contribution is 7.92. The summed E-state index contributed by atoms with van der Waals surface area (Å²) < 4.78 is 28.0. The molecule has 0 aliphatic carbocycles. The number of carbonyl (C=O) groups is 1. The zero-order valence-electron chi connectivity index (χ0n) is 16.9. The van der Waals surface area contributed by atoms with E-state index in [1.807, 2.05) is 58.0 Å². The lowest BCUT2D eigenvalue weighted by atomic mass is 10.1. The minimum absolute atomic E-state index is 0.128. The number of benzene rings is 3. The average Bonchev–Trinajstić information content (AvgIpc) is 2.67. The monoisotopic (exact) mass is 408 g/mol. The third-order valence-electron chi connectivity index (χ3n) is 4.70. The fourth-order valence-electron chi connectivity index (χ4n) is 2.95. The molecule has 2 N–H and O–H groups in total. The summed E-state index contributed by atoms with van der Waals surface area (Å²) in [7, 11) is -3.73. The molecule has 3 rings (SSSR count). The molecular weight excluding hydrogens is 384 g/mol. The Morgan fingerprint density at radius 3 is 2.00 bits per heavy atom. The van der Waals surface area contributed by atoms with Crippen LogP contribution in [-0.4, -0.2) is 14.3 Å². The Bertz CT molecular complexity index is 1170. The highest BCUT2D eigenvalue weighted by atomic mass is 32.2. The minimum atomic E-state index is -3.73. The molecule has 0 fully saturated rings. The predicted octanol–water partition coefficient (Wildman–Crippen LogP) is 4.97. The lowest BCUT2D eigenvalue weighted by Crippen LogP contribution is -2.15. The van der Waals surface area contributed by atoms with Gasteiger partial charge in [-0.1, -0.05) is 29.8 Å². The Kier molecular flexibility index (Phi) is 5.75. The van der Waals surface area contributed by atoms with Gasteiger partial charge < -0.3 is 5.32 Å². The molecule has 6 heteroatoms. The molecule has 0 bridgehead atoms. The van der Waals surface area contributed by atoms with Gasteiger partial charge in [-0.2, -0.15) is 0 Å². The van der Waals surface area contributed by atoms with Gasteiger partial charge in [0.2, 0.25) is 0 Å². The van der Waals surface area contributed by atoms with Gasteiger partial charge in [0.15, 0.2) is 0 Å². The van der Waals surface area contributed by atoms with Crippen LogP contribution in [0.3, 0.4) is 0 Å². The number of amides is 1. The van der Waals surface area contributed by atoms with Gasteiger partial charge in [0.05, 0.1) is 10.6 Å². The van der Waals surface area contributed by atoms with Crippen LogP contribution in [0.15, 0.2) is 65.6 Å². The molecule has 3 aromatic rings. The molecule has 0 saturated heterocycles. The Hall–Kier alpha value is -3.12. The molecule has 1 amide bonds. The zero-order valence-corrected chi connectivity index (χ0v) is 17.7. The van der Waals surface area contributed by atoms with Crippen molar-refractivity contribution in [2.75, 3.05) is 10.0 Å². The Balaban J connectivity index is 1.78. The number of anilines is 2. The highest BCUT2D eigenvalue weighted by Gasteiger charge is 2.16. The first kappa shape index (κ1) is 20.6. The van der Waals surface area contributed by atoms with Crippen molar-refractivity contribution >= 4 is 27.3 Å². The predicted molar refractivity (Wildman–Crippen MR) is 117 cm³/mol. The molecule has 0 heterocycles. The topological polar surface area (TPSA) is 75.3 Å². The number of rotatable bonds is 5. The second kappa shape index (κ2) is 8.09. The van der Waals surface area contributed by atoms with Crippen molar-refractivity contribution in [2.24, 2.45) is 0 Å². The molecular formula is C23H24N2O3S. The van der Waals surface area contributed by atoms with Gasteiger partial charge in [-0.15, -0.1) is 0 Å². The molecule has 0 aromatic heterocycles.